The second-order valence-corrected chi connectivity index (χ2v) is 6.30. The molecule has 0 saturated carbocycles. The average Bonchev–Trinajstić information content (AvgIpc) is 2.94. The van der Waals surface area contributed by atoms with Gasteiger partial charge < -0.3 is 9.88 Å². The first-order chi connectivity index (χ1) is 10.7. The molecule has 2 aromatic carbocycles. The number of fused-ring (bicyclic) bond motifs is 3. The van der Waals surface area contributed by atoms with Gasteiger partial charge in [-0.05, 0) is 37.5 Å². The van der Waals surface area contributed by atoms with Crippen LogP contribution < -0.4 is 4.90 Å². The zero-order valence-corrected chi connectivity index (χ0v) is 13.1. The van der Waals surface area contributed by atoms with Crippen LogP contribution in [0, 0.1) is 0 Å². The quantitative estimate of drug-likeness (QED) is 0.776. The minimum absolute atomic E-state index is 0.604. The summed E-state index contributed by atoms with van der Waals surface area (Å²) >= 11 is 0. The van der Waals surface area contributed by atoms with Crippen LogP contribution in [0.2, 0.25) is 0 Å². The minimum atomic E-state index is 0.604. The van der Waals surface area contributed by atoms with E-state index in [1.807, 2.05) is 0 Å². The maximum atomic E-state index is 4.90. The van der Waals surface area contributed by atoms with Gasteiger partial charge in [0.15, 0.2) is 0 Å². The highest BCUT2D eigenvalue weighted by Gasteiger charge is 2.22. The summed E-state index contributed by atoms with van der Waals surface area (Å²) < 4.78 is 0. The summed E-state index contributed by atoms with van der Waals surface area (Å²) in [5, 5.41) is 0. The standard InChI is InChI=1S/C19H21N3/c1-13-8-9-15-17(22(13)2)11-10-16-19(15)21-18(20-16)12-14-6-4-3-5-7-14/h3-7,10-11,13H,8-9,12H2,1-2H3,(H,20,21). The van der Waals surface area contributed by atoms with Crippen molar-refractivity contribution in [3.8, 4) is 0 Å². The van der Waals surface area contributed by atoms with Crippen molar-refractivity contribution in [2.24, 2.45) is 0 Å². The molecule has 0 radical (unpaired) electrons. The Morgan fingerprint density at radius 3 is 2.82 bits per heavy atom. The van der Waals surface area contributed by atoms with Crippen molar-refractivity contribution < 1.29 is 0 Å². The Bertz CT molecular complexity index is 804. The second kappa shape index (κ2) is 5.16. The lowest BCUT2D eigenvalue weighted by Gasteiger charge is -2.33. The summed E-state index contributed by atoms with van der Waals surface area (Å²) in [6.45, 7) is 2.29. The van der Waals surface area contributed by atoms with Gasteiger partial charge in [0.2, 0.25) is 0 Å². The van der Waals surface area contributed by atoms with Gasteiger partial charge in [-0.25, -0.2) is 4.98 Å². The van der Waals surface area contributed by atoms with Crippen molar-refractivity contribution in [2.45, 2.75) is 32.2 Å². The number of aromatic amines is 1. The van der Waals surface area contributed by atoms with E-state index in [1.54, 1.807) is 0 Å². The molecule has 1 aliphatic heterocycles. The van der Waals surface area contributed by atoms with Gasteiger partial charge in [0.25, 0.3) is 0 Å². The van der Waals surface area contributed by atoms with E-state index in [9.17, 15) is 0 Å². The molecule has 0 saturated heterocycles. The summed E-state index contributed by atoms with van der Waals surface area (Å²) in [4.78, 5) is 10.8. The van der Waals surface area contributed by atoms with E-state index in [0.717, 1.165) is 29.7 Å². The van der Waals surface area contributed by atoms with Crippen LogP contribution in [-0.2, 0) is 12.8 Å². The lowest BCUT2D eigenvalue weighted by Crippen LogP contribution is -2.33. The first-order valence-corrected chi connectivity index (χ1v) is 7.99. The Balaban J connectivity index is 1.75. The number of hydrogen-bond acceptors (Lipinski definition) is 2. The Labute approximate surface area is 131 Å². The molecular weight excluding hydrogens is 270 g/mol. The van der Waals surface area contributed by atoms with Crippen LogP contribution in [0.1, 0.15) is 30.3 Å². The molecule has 112 valence electrons. The Kier molecular flexibility index (Phi) is 3.14. The lowest BCUT2D eigenvalue weighted by atomic mass is 9.96. The SMILES string of the molecule is CC1CCc2c(ccc3[nH]c(Cc4ccccc4)nc23)N1C. The van der Waals surface area contributed by atoms with Crippen LogP contribution in [0.25, 0.3) is 11.0 Å². The maximum absolute atomic E-state index is 4.90. The zero-order valence-electron chi connectivity index (χ0n) is 13.1. The lowest BCUT2D eigenvalue weighted by molar-refractivity contribution is 0.600. The Morgan fingerprint density at radius 2 is 2.00 bits per heavy atom. The molecule has 0 fully saturated rings. The van der Waals surface area contributed by atoms with Crippen molar-refractivity contribution in [1.82, 2.24) is 9.97 Å². The molecule has 1 atom stereocenters. The molecule has 2 heterocycles. The van der Waals surface area contributed by atoms with Crippen LogP contribution >= 0.6 is 0 Å². The zero-order chi connectivity index (χ0) is 15.1. The smallest absolute Gasteiger partial charge is 0.111 e. The van der Waals surface area contributed by atoms with Gasteiger partial charge in [-0.3, -0.25) is 0 Å². The summed E-state index contributed by atoms with van der Waals surface area (Å²) in [5.74, 6) is 1.05. The molecular formula is C19H21N3. The molecule has 1 N–H and O–H groups in total. The van der Waals surface area contributed by atoms with Gasteiger partial charge in [-0.2, -0.15) is 0 Å². The van der Waals surface area contributed by atoms with Gasteiger partial charge in [0.05, 0.1) is 11.0 Å². The predicted molar refractivity (Wildman–Crippen MR) is 91.5 cm³/mol. The number of nitrogens with zero attached hydrogens (tertiary/aromatic N) is 2. The number of benzene rings is 2. The fourth-order valence-corrected chi connectivity index (χ4v) is 3.41. The molecule has 1 aromatic heterocycles. The van der Waals surface area contributed by atoms with Crippen molar-refractivity contribution in [1.29, 1.82) is 0 Å². The third-order valence-electron chi connectivity index (χ3n) is 4.85. The molecule has 0 bridgehead atoms. The van der Waals surface area contributed by atoms with E-state index in [4.69, 9.17) is 4.98 Å². The molecule has 0 amide bonds. The van der Waals surface area contributed by atoms with Gasteiger partial charge >= 0.3 is 0 Å². The third kappa shape index (κ3) is 2.17. The predicted octanol–water partition coefficient (Wildman–Crippen LogP) is 3.92. The summed E-state index contributed by atoms with van der Waals surface area (Å²) in [7, 11) is 2.19. The van der Waals surface area contributed by atoms with Gasteiger partial charge in [0.1, 0.15) is 5.82 Å². The number of hydrogen-bond donors (Lipinski definition) is 1. The normalized spacial score (nSPS) is 17.7. The third-order valence-corrected chi connectivity index (χ3v) is 4.85. The maximum Gasteiger partial charge on any atom is 0.111 e. The van der Waals surface area contributed by atoms with Gasteiger partial charge in [-0.15, -0.1) is 0 Å². The molecule has 3 nitrogen and oxygen atoms in total. The monoisotopic (exact) mass is 291 g/mol. The van der Waals surface area contributed by atoms with E-state index >= 15 is 0 Å². The number of anilines is 1. The fraction of sp³-hybridized carbons (Fsp3) is 0.316. The Hall–Kier alpha value is -2.29. The molecule has 3 heteroatoms. The summed E-state index contributed by atoms with van der Waals surface area (Å²) in [6.07, 6.45) is 3.17. The summed E-state index contributed by atoms with van der Waals surface area (Å²) in [5.41, 5.74) is 6.34. The van der Waals surface area contributed by atoms with Crippen molar-refractivity contribution in [3.63, 3.8) is 0 Å². The summed E-state index contributed by atoms with van der Waals surface area (Å²) in [6, 6.07) is 15.5. The highest BCUT2D eigenvalue weighted by atomic mass is 15.1. The molecule has 0 spiro atoms. The van der Waals surface area contributed by atoms with Crippen molar-refractivity contribution >= 4 is 16.7 Å². The first-order valence-electron chi connectivity index (χ1n) is 7.99. The van der Waals surface area contributed by atoms with Crippen molar-refractivity contribution in [2.75, 3.05) is 11.9 Å². The van der Waals surface area contributed by atoms with Crippen LogP contribution in [0.3, 0.4) is 0 Å². The number of aryl methyl sites for hydroxylation is 1. The highest BCUT2D eigenvalue weighted by Crippen LogP contribution is 2.34. The van der Waals surface area contributed by atoms with Crippen LogP contribution in [0.5, 0.6) is 0 Å². The molecule has 0 aliphatic carbocycles. The average molecular weight is 291 g/mol. The molecule has 1 unspecified atom stereocenters. The number of H-pyrrole nitrogens is 1. The molecule has 22 heavy (non-hydrogen) atoms. The molecule has 3 aromatic rings. The molecule has 4 rings (SSSR count). The largest absolute Gasteiger partial charge is 0.372 e. The van der Waals surface area contributed by atoms with Gasteiger partial charge in [-0.1, -0.05) is 30.3 Å². The second-order valence-electron chi connectivity index (χ2n) is 6.30. The van der Waals surface area contributed by atoms with Crippen LogP contribution in [-0.4, -0.2) is 23.1 Å². The highest BCUT2D eigenvalue weighted by molar-refractivity contribution is 5.85. The van der Waals surface area contributed by atoms with Gasteiger partial charge in [0, 0.05) is 30.8 Å². The topological polar surface area (TPSA) is 31.9 Å². The number of nitrogens with one attached hydrogen (secondary N) is 1. The van der Waals surface area contributed by atoms with E-state index in [2.05, 4.69) is 66.3 Å². The number of imidazole rings is 1. The minimum Gasteiger partial charge on any atom is -0.372 e. The van der Waals surface area contributed by atoms with E-state index in [0.29, 0.717) is 6.04 Å². The fourth-order valence-electron chi connectivity index (χ4n) is 3.41. The van der Waals surface area contributed by atoms with Crippen molar-refractivity contribution in [3.05, 3.63) is 59.4 Å². The number of aromatic nitrogens is 2. The van der Waals surface area contributed by atoms with Crippen LogP contribution in [0.4, 0.5) is 5.69 Å². The van der Waals surface area contributed by atoms with E-state index in [-0.39, 0.29) is 0 Å². The van der Waals surface area contributed by atoms with Crippen LogP contribution in [0.15, 0.2) is 42.5 Å². The molecule has 1 aliphatic rings. The van der Waals surface area contributed by atoms with E-state index in [1.165, 1.54) is 23.2 Å². The van der Waals surface area contributed by atoms with E-state index < -0.39 is 0 Å². The number of rotatable bonds is 2. The first kappa shape index (κ1) is 13.4. The Morgan fingerprint density at radius 1 is 1.18 bits per heavy atom.